The molecule has 0 unspecified atom stereocenters. The molecular formula is C20H15F3N2O2. The van der Waals surface area contributed by atoms with Crippen molar-refractivity contribution in [1.82, 2.24) is 4.57 Å². The largest absolute Gasteiger partial charge is 0.416 e. The van der Waals surface area contributed by atoms with Crippen molar-refractivity contribution in [3.8, 4) is 0 Å². The predicted octanol–water partition coefficient (Wildman–Crippen LogP) is 4.61. The monoisotopic (exact) mass is 372 g/mol. The quantitative estimate of drug-likeness (QED) is 0.730. The van der Waals surface area contributed by atoms with Crippen molar-refractivity contribution >= 4 is 22.4 Å². The van der Waals surface area contributed by atoms with Crippen LogP contribution in [0.3, 0.4) is 0 Å². The van der Waals surface area contributed by atoms with Gasteiger partial charge in [-0.3, -0.25) is 9.59 Å². The average Bonchev–Trinajstić information content (AvgIpc) is 3.46. The number of rotatable bonds is 3. The first-order valence-electron chi connectivity index (χ1n) is 8.47. The third-order valence-corrected chi connectivity index (χ3v) is 4.55. The van der Waals surface area contributed by atoms with E-state index in [4.69, 9.17) is 0 Å². The average molecular weight is 372 g/mol. The minimum absolute atomic E-state index is 0.0257. The molecule has 2 aromatic carbocycles. The fraction of sp³-hybridized carbons (Fsp3) is 0.200. The maximum absolute atomic E-state index is 12.9. The molecule has 1 fully saturated rings. The van der Waals surface area contributed by atoms with E-state index in [1.807, 2.05) is 0 Å². The Morgan fingerprint density at radius 3 is 2.48 bits per heavy atom. The smallest absolute Gasteiger partial charge is 0.321 e. The van der Waals surface area contributed by atoms with Crippen LogP contribution in [0.5, 0.6) is 0 Å². The molecule has 1 saturated carbocycles. The molecule has 0 bridgehead atoms. The van der Waals surface area contributed by atoms with Crippen molar-refractivity contribution in [2.45, 2.75) is 25.1 Å². The summed E-state index contributed by atoms with van der Waals surface area (Å²) in [5, 5.41) is 3.62. The van der Waals surface area contributed by atoms with Crippen LogP contribution in [0.15, 0.2) is 59.4 Å². The van der Waals surface area contributed by atoms with E-state index in [0.717, 1.165) is 25.0 Å². The second-order valence-electron chi connectivity index (χ2n) is 6.56. The summed E-state index contributed by atoms with van der Waals surface area (Å²) in [4.78, 5) is 25.6. The van der Waals surface area contributed by atoms with E-state index < -0.39 is 17.6 Å². The Balaban J connectivity index is 1.75. The second kappa shape index (κ2) is 6.26. The number of aromatic nitrogens is 1. The van der Waals surface area contributed by atoms with Gasteiger partial charge in [0, 0.05) is 17.1 Å². The lowest BCUT2D eigenvalue weighted by molar-refractivity contribution is -0.137. The summed E-state index contributed by atoms with van der Waals surface area (Å²) in [6.45, 7) is 0. The van der Waals surface area contributed by atoms with Gasteiger partial charge in [-0.15, -0.1) is 0 Å². The first kappa shape index (κ1) is 17.3. The molecule has 0 atom stereocenters. The van der Waals surface area contributed by atoms with Crippen molar-refractivity contribution in [2.24, 2.45) is 0 Å². The normalized spacial score (nSPS) is 14.3. The highest BCUT2D eigenvalue weighted by atomic mass is 19.4. The molecule has 0 saturated heterocycles. The molecule has 4 nitrogen and oxygen atoms in total. The molecule has 0 aliphatic heterocycles. The second-order valence-corrected chi connectivity index (χ2v) is 6.56. The van der Waals surface area contributed by atoms with Gasteiger partial charge in [0.15, 0.2) is 0 Å². The zero-order valence-electron chi connectivity index (χ0n) is 14.1. The van der Waals surface area contributed by atoms with E-state index >= 15 is 0 Å². The first-order chi connectivity index (χ1) is 12.8. The maximum atomic E-state index is 12.9. The summed E-state index contributed by atoms with van der Waals surface area (Å²) in [6, 6.07) is 12.9. The summed E-state index contributed by atoms with van der Waals surface area (Å²) < 4.78 is 40.1. The Bertz CT molecular complexity index is 1100. The number of hydrogen-bond acceptors (Lipinski definition) is 2. The van der Waals surface area contributed by atoms with Gasteiger partial charge in [0.25, 0.3) is 11.5 Å². The van der Waals surface area contributed by atoms with Crippen LogP contribution in [-0.2, 0) is 6.18 Å². The first-order valence-corrected chi connectivity index (χ1v) is 8.47. The predicted molar refractivity (Wildman–Crippen MR) is 95.9 cm³/mol. The number of halogens is 3. The van der Waals surface area contributed by atoms with Gasteiger partial charge in [-0.1, -0.05) is 24.3 Å². The van der Waals surface area contributed by atoms with Crippen molar-refractivity contribution in [3.05, 3.63) is 76.2 Å². The number of nitrogens with one attached hydrogen (secondary N) is 1. The molecule has 1 N–H and O–H groups in total. The topological polar surface area (TPSA) is 51.1 Å². The van der Waals surface area contributed by atoms with Crippen LogP contribution < -0.4 is 10.9 Å². The van der Waals surface area contributed by atoms with Crippen LogP contribution in [0.2, 0.25) is 0 Å². The molecule has 1 heterocycles. The van der Waals surface area contributed by atoms with Crippen LogP contribution in [0, 0.1) is 0 Å². The van der Waals surface area contributed by atoms with E-state index in [2.05, 4.69) is 5.32 Å². The van der Waals surface area contributed by atoms with Crippen LogP contribution in [0.4, 0.5) is 18.9 Å². The number of benzene rings is 2. The Morgan fingerprint density at radius 2 is 1.78 bits per heavy atom. The Labute approximate surface area is 152 Å². The van der Waals surface area contributed by atoms with Gasteiger partial charge >= 0.3 is 6.18 Å². The lowest BCUT2D eigenvalue weighted by Gasteiger charge is -2.14. The van der Waals surface area contributed by atoms with Crippen LogP contribution in [-0.4, -0.2) is 10.5 Å². The number of pyridine rings is 1. The number of amides is 1. The highest BCUT2D eigenvalue weighted by molar-refractivity contribution is 6.05. The SMILES string of the molecule is O=C(Nc1cccc(C(F)(F)F)c1)c1cc2ccccc2c(=O)n1C1CC1. The molecule has 7 heteroatoms. The summed E-state index contributed by atoms with van der Waals surface area (Å²) in [6.07, 6.45) is -2.91. The standard InChI is InChI=1S/C20H15F3N2O2/c21-20(22,23)13-5-3-6-14(11-13)24-18(26)17-10-12-4-1-2-7-16(12)19(27)25(17)15-8-9-15/h1-7,10-11,15H,8-9H2,(H,24,26). The Morgan fingerprint density at radius 1 is 1.04 bits per heavy atom. The highest BCUT2D eigenvalue weighted by Gasteiger charge is 2.31. The summed E-state index contributed by atoms with van der Waals surface area (Å²) in [5.41, 5.74) is -0.931. The van der Waals surface area contributed by atoms with Crippen molar-refractivity contribution in [3.63, 3.8) is 0 Å². The third-order valence-electron chi connectivity index (χ3n) is 4.55. The molecule has 3 aromatic rings. The Kier molecular flexibility index (Phi) is 4.02. The van der Waals surface area contributed by atoms with Gasteiger partial charge in [-0.25, -0.2) is 0 Å². The fourth-order valence-corrected chi connectivity index (χ4v) is 3.11. The van der Waals surface area contributed by atoms with Gasteiger partial charge in [0.1, 0.15) is 5.69 Å². The van der Waals surface area contributed by atoms with E-state index in [1.54, 1.807) is 30.3 Å². The molecule has 1 amide bonds. The van der Waals surface area contributed by atoms with Crippen LogP contribution >= 0.6 is 0 Å². The molecule has 4 rings (SSSR count). The fourth-order valence-electron chi connectivity index (χ4n) is 3.11. The minimum atomic E-state index is -4.50. The molecule has 138 valence electrons. The van der Waals surface area contributed by atoms with Gasteiger partial charge in [0.05, 0.1) is 5.56 Å². The van der Waals surface area contributed by atoms with Gasteiger partial charge in [-0.2, -0.15) is 13.2 Å². The molecule has 0 spiro atoms. The molecule has 27 heavy (non-hydrogen) atoms. The minimum Gasteiger partial charge on any atom is -0.321 e. The number of hydrogen-bond donors (Lipinski definition) is 1. The lowest BCUT2D eigenvalue weighted by Crippen LogP contribution is -2.28. The van der Waals surface area contributed by atoms with Gasteiger partial charge in [0.2, 0.25) is 0 Å². The van der Waals surface area contributed by atoms with E-state index in [-0.39, 0.29) is 23.0 Å². The molecule has 1 aliphatic rings. The zero-order chi connectivity index (χ0) is 19.2. The van der Waals surface area contributed by atoms with E-state index in [1.165, 1.54) is 16.7 Å². The van der Waals surface area contributed by atoms with Crippen LogP contribution in [0.25, 0.3) is 10.8 Å². The number of anilines is 1. The number of carbonyl (C=O) groups excluding carboxylic acids is 1. The highest BCUT2D eigenvalue weighted by Crippen LogP contribution is 2.35. The van der Waals surface area contributed by atoms with E-state index in [9.17, 15) is 22.8 Å². The van der Waals surface area contributed by atoms with Gasteiger partial charge in [-0.05, 0) is 48.6 Å². The van der Waals surface area contributed by atoms with Crippen molar-refractivity contribution in [1.29, 1.82) is 0 Å². The van der Waals surface area contributed by atoms with Crippen molar-refractivity contribution in [2.75, 3.05) is 5.32 Å². The summed E-state index contributed by atoms with van der Waals surface area (Å²) >= 11 is 0. The third kappa shape index (κ3) is 3.32. The number of carbonyl (C=O) groups is 1. The summed E-state index contributed by atoms with van der Waals surface area (Å²) in [7, 11) is 0. The maximum Gasteiger partial charge on any atom is 0.416 e. The van der Waals surface area contributed by atoms with E-state index in [0.29, 0.717) is 10.8 Å². The summed E-state index contributed by atoms with van der Waals surface area (Å²) in [5.74, 6) is -0.607. The number of alkyl halides is 3. The lowest BCUT2D eigenvalue weighted by atomic mass is 10.1. The molecule has 0 radical (unpaired) electrons. The van der Waals surface area contributed by atoms with Crippen molar-refractivity contribution < 1.29 is 18.0 Å². The molecule has 1 aliphatic carbocycles. The number of fused-ring (bicyclic) bond motifs is 1. The molecule has 1 aromatic heterocycles. The number of nitrogens with zero attached hydrogens (tertiary/aromatic N) is 1. The Hall–Kier alpha value is -3.09. The zero-order valence-corrected chi connectivity index (χ0v) is 14.1. The van der Waals surface area contributed by atoms with Gasteiger partial charge < -0.3 is 9.88 Å². The van der Waals surface area contributed by atoms with Crippen LogP contribution in [0.1, 0.15) is 34.9 Å². The molecular weight excluding hydrogens is 357 g/mol.